The van der Waals surface area contributed by atoms with Gasteiger partial charge in [0.1, 0.15) is 0 Å². The molecule has 1 nitrogen and oxygen atoms in total. The van der Waals surface area contributed by atoms with Gasteiger partial charge in [-0.25, -0.2) is 0 Å². The van der Waals surface area contributed by atoms with E-state index in [1.807, 2.05) is 24.3 Å². The van der Waals surface area contributed by atoms with Crippen LogP contribution in [0.4, 0.5) is 0 Å². The molecule has 0 heterocycles. The molecule has 0 bridgehead atoms. The van der Waals surface area contributed by atoms with Crippen molar-refractivity contribution in [2.75, 3.05) is 0 Å². The Kier molecular flexibility index (Phi) is 3.50. The monoisotopic (exact) mass is 276 g/mol. The summed E-state index contributed by atoms with van der Waals surface area (Å²) in [6.45, 7) is 5.93. The molecule has 1 aliphatic carbocycles. The molecule has 106 valence electrons. The number of hydrogen-bond donors (Lipinski definition) is 0. The van der Waals surface area contributed by atoms with Gasteiger partial charge < -0.3 is 0 Å². The third-order valence-corrected chi connectivity index (χ3v) is 4.52. The highest BCUT2D eigenvalue weighted by Crippen LogP contribution is 2.46. The van der Waals surface area contributed by atoms with E-state index >= 15 is 0 Å². The summed E-state index contributed by atoms with van der Waals surface area (Å²) in [5.41, 5.74) is 4.17. The van der Waals surface area contributed by atoms with Gasteiger partial charge in [-0.15, -0.1) is 0 Å². The Balaban J connectivity index is 1.96. The summed E-state index contributed by atoms with van der Waals surface area (Å²) in [6, 6.07) is 16.4. The zero-order valence-corrected chi connectivity index (χ0v) is 12.4. The molecular weight excluding hydrogens is 256 g/mol. The average molecular weight is 276 g/mol. The number of carbonyl (C=O) groups is 1. The van der Waals surface area contributed by atoms with E-state index in [-0.39, 0.29) is 5.41 Å². The molecule has 0 amide bonds. The molecule has 0 N–H and O–H groups in total. The van der Waals surface area contributed by atoms with E-state index in [2.05, 4.69) is 43.8 Å². The maximum Gasteiger partial charge on any atom is 0.174 e. The highest BCUT2D eigenvalue weighted by Gasteiger charge is 2.49. The first-order valence-electron chi connectivity index (χ1n) is 7.57. The SMILES string of the molecule is C=Cc1ccc(CC2(CCC)C(=O)c3ccccc32)cc1. The molecule has 0 aliphatic heterocycles. The van der Waals surface area contributed by atoms with Gasteiger partial charge in [0.25, 0.3) is 0 Å². The molecule has 3 rings (SSSR count). The molecule has 2 aromatic carbocycles. The fourth-order valence-corrected chi connectivity index (χ4v) is 3.47. The van der Waals surface area contributed by atoms with Crippen molar-refractivity contribution >= 4 is 11.9 Å². The van der Waals surface area contributed by atoms with Gasteiger partial charge >= 0.3 is 0 Å². The van der Waals surface area contributed by atoms with Gasteiger partial charge in [-0.3, -0.25) is 4.79 Å². The van der Waals surface area contributed by atoms with Crippen molar-refractivity contribution < 1.29 is 4.79 Å². The first-order valence-corrected chi connectivity index (χ1v) is 7.57. The quantitative estimate of drug-likeness (QED) is 0.766. The lowest BCUT2D eigenvalue weighted by molar-refractivity contribution is 0.0819. The summed E-state index contributed by atoms with van der Waals surface area (Å²) < 4.78 is 0. The number of Topliss-reactive ketones (excluding diaryl/α,β-unsaturated/α-hetero) is 1. The summed E-state index contributed by atoms with van der Waals surface area (Å²) in [6.07, 6.45) is 4.58. The molecule has 0 spiro atoms. The van der Waals surface area contributed by atoms with Crippen molar-refractivity contribution in [2.24, 2.45) is 0 Å². The van der Waals surface area contributed by atoms with Crippen LogP contribution in [-0.2, 0) is 11.8 Å². The van der Waals surface area contributed by atoms with Gasteiger partial charge in [-0.05, 0) is 29.5 Å². The number of ketones is 1. The van der Waals surface area contributed by atoms with Crippen molar-refractivity contribution in [1.29, 1.82) is 0 Å². The van der Waals surface area contributed by atoms with E-state index in [0.29, 0.717) is 5.78 Å². The van der Waals surface area contributed by atoms with Gasteiger partial charge in [-0.1, -0.05) is 74.5 Å². The van der Waals surface area contributed by atoms with Crippen LogP contribution >= 0.6 is 0 Å². The number of hydrogen-bond acceptors (Lipinski definition) is 1. The van der Waals surface area contributed by atoms with Crippen molar-refractivity contribution in [3.63, 3.8) is 0 Å². The topological polar surface area (TPSA) is 17.1 Å². The summed E-state index contributed by atoms with van der Waals surface area (Å²) in [5, 5.41) is 0. The minimum atomic E-state index is -0.305. The summed E-state index contributed by atoms with van der Waals surface area (Å²) in [7, 11) is 0. The lowest BCUT2D eigenvalue weighted by Gasteiger charge is -2.42. The predicted octanol–water partition coefficient (Wildman–Crippen LogP) is 4.81. The van der Waals surface area contributed by atoms with Crippen LogP contribution in [0.15, 0.2) is 55.1 Å². The van der Waals surface area contributed by atoms with Gasteiger partial charge in [0.05, 0.1) is 5.41 Å². The largest absolute Gasteiger partial charge is 0.293 e. The van der Waals surface area contributed by atoms with Crippen LogP contribution in [0, 0.1) is 0 Å². The van der Waals surface area contributed by atoms with E-state index in [4.69, 9.17) is 0 Å². The van der Waals surface area contributed by atoms with Crippen molar-refractivity contribution in [2.45, 2.75) is 31.6 Å². The van der Waals surface area contributed by atoms with Crippen molar-refractivity contribution in [3.8, 4) is 0 Å². The molecule has 1 unspecified atom stereocenters. The number of rotatable bonds is 5. The van der Waals surface area contributed by atoms with E-state index in [1.165, 1.54) is 11.1 Å². The summed E-state index contributed by atoms with van der Waals surface area (Å²) in [4.78, 5) is 12.7. The van der Waals surface area contributed by atoms with E-state index in [1.54, 1.807) is 0 Å². The lowest BCUT2D eigenvalue weighted by atomic mass is 9.58. The third kappa shape index (κ3) is 2.13. The fourth-order valence-electron chi connectivity index (χ4n) is 3.47. The molecular formula is C20H20O. The molecule has 1 aliphatic rings. The molecule has 2 aromatic rings. The Morgan fingerprint density at radius 2 is 1.81 bits per heavy atom. The highest BCUT2D eigenvalue weighted by atomic mass is 16.1. The maximum absolute atomic E-state index is 12.7. The smallest absolute Gasteiger partial charge is 0.174 e. The van der Waals surface area contributed by atoms with Gasteiger partial charge in [0, 0.05) is 5.56 Å². The number of carbonyl (C=O) groups excluding carboxylic acids is 1. The maximum atomic E-state index is 12.7. The zero-order chi connectivity index (χ0) is 14.9. The van der Waals surface area contributed by atoms with Crippen LogP contribution in [0.25, 0.3) is 6.08 Å². The Morgan fingerprint density at radius 3 is 2.48 bits per heavy atom. The zero-order valence-electron chi connectivity index (χ0n) is 12.4. The Bertz CT molecular complexity index is 681. The Morgan fingerprint density at radius 1 is 1.10 bits per heavy atom. The van der Waals surface area contributed by atoms with E-state index in [0.717, 1.165) is 30.4 Å². The minimum absolute atomic E-state index is 0.305. The van der Waals surface area contributed by atoms with Gasteiger partial charge in [0.2, 0.25) is 0 Å². The number of fused-ring (bicyclic) bond motifs is 1. The molecule has 1 atom stereocenters. The molecule has 1 heteroatoms. The van der Waals surface area contributed by atoms with Gasteiger partial charge in [-0.2, -0.15) is 0 Å². The highest BCUT2D eigenvalue weighted by molar-refractivity contribution is 6.14. The van der Waals surface area contributed by atoms with Gasteiger partial charge in [0.15, 0.2) is 5.78 Å². The predicted molar refractivity (Wildman–Crippen MR) is 87.6 cm³/mol. The average Bonchev–Trinajstić information content (AvgIpc) is 2.54. The lowest BCUT2D eigenvalue weighted by Crippen LogP contribution is -2.47. The van der Waals surface area contributed by atoms with Crippen LogP contribution in [0.5, 0.6) is 0 Å². The third-order valence-electron chi connectivity index (χ3n) is 4.52. The normalized spacial score (nSPS) is 19.8. The second-order valence-corrected chi connectivity index (χ2v) is 5.83. The first-order chi connectivity index (χ1) is 10.2. The molecule has 0 fully saturated rings. The second-order valence-electron chi connectivity index (χ2n) is 5.83. The summed E-state index contributed by atoms with van der Waals surface area (Å²) in [5.74, 6) is 0.313. The summed E-state index contributed by atoms with van der Waals surface area (Å²) >= 11 is 0. The molecule has 0 saturated carbocycles. The second kappa shape index (κ2) is 5.33. The van der Waals surface area contributed by atoms with Crippen LogP contribution < -0.4 is 0 Å². The van der Waals surface area contributed by atoms with Crippen LogP contribution in [0.3, 0.4) is 0 Å². The van der Waals surface area contributed by atoms with Crippen LogP contribution in [0.1, 0.15) is 46.8 Å². The van der Waals surface area contributed by atoms with Crippen LogP contribution in [0.2, 0.25) is 0 Å². The number of benzene rings is 2. The molecule has 0 radical (unpaired) electrons. The standard InChI is InChI=1S/C20H20O/c1-3-13-20(14-16-11-9-15(4-2)10-12-16)18-8-6-5-7-17(18)19(20)21/h4-12H,2-3,13-14H2,1H3. The first kappa shape index (κ1) is 13.8. The fraction of sp³-hybridized carbons (Fsp3) is 0.250. The van der Waals surface area contributed by atoms with E-state index < -0.39 is 0 Å². The van der Waals surface area contributed by atoms with Crippen LogP contribution in [-0.4, -0.2) is 5.78 Å². The molecule has 21 heavy (non-hydrogen) atoms. The van der Waals surface area contributed by atoms with Crippen molar-refractivity contribution in [1.82, 2.24) is 0 Å². The Hall–Kier alpha value is -2.15. The molecule has 0 saturated heterocycles. The Labute approximate surface area is 126 Å². The minimum Gasteiger partial charge on any atom is -0.293 e. The molecule has 0 aromatic heterocycles. The van der Waals surface area contributed by atoms with Crippen molar-refractivity contribution in [3.05, 3.63) is 77.4 Å². The van der Waals surface area contributed by atoms with E-state index in [9.17, 15) is 4.79 Å².